The highest BCUT2D eigenvalue weighted by Gasteiger charge is 2.31. The van der Waals surface area contributed by atoms with Gasteiger partial charge in [-0.1, -0.05) is 6.07 Å². The largest absolute Gasteiger partial charge is 0.301 e. The predicted molar refractivity (Wildman–Crippen MR) is 108 cm³/mol. The number of fused-ring (bicyclic) bond motifs is 1. The summed E-state index contributed by atoms with van der Waals surface area (Å²) in [6, 6.07) is 4.99. The Bertz CT molecular complexity index is 1100. The van der Waals surface area contributed by atoms with Gasteiger partial charge in [-0.2, -0.15) is 13.1 Å². The van der Waals surface area contributed by atoms with E-state index in [9.17, 15) is 13.2 Å². The van der Waals surface area contributed by atoms with Gasteiger partial charge < -0.3 is 5.32 Å². The molecule has 9 nitrogen and oxygen atoms in total. The van der Waals surface area contributed by atoms with Crippen LogP contribution >= 0.6 is 23.1 Å². The molecule has 3 heterocycles. The van der Waals surface area contributed by atoms with Crippen molar-refractivity contribution in [1.82, 2.24) is 22.9 Å². The average molecular weight is 439 g/mol. The SMILES string of the molecule is Cc1csc(NC(=O)CN2CCN(S(=O)(=O)c3cccc4nsnc34)CC2)n1. The van der Waals surface area contributed by atoms with E-state index in [4.69, 9.17) is 0 Å². The van der Waals surface area contributed by atoms with Crippen molar-refractivity contribution >= 4 is 55.2 Å². The van der Waals surface area contributed by atoms with Crippen molar-refractivity contribution in [2.45, 2.75) is 11.8 Å². The zero-order valence-electron chi connectivity index (χ0n) is 15.0. The lowest BCUT2D eigenvalue weighted by atomic mass is 10.3. The van der Waals surface area contributed by atoms with Crippen molar-refractivity contribution in [2.75, 3.05) is 38.0 Å². The van der Waals surface area contributed by atoms with E-state index >= 15 is 0 Å². The van der Waals surface area contributed by atoms with Gasteiger partial charge in [-0.3, -0.25) is 9.69 Å². The minimum Gasteiger partial charge on any atom is -0.301 e. The van der Waals surface area contributed by atoms with Crippen LogP contribution in [0.2, 0.25) is 0 Å². The third-order valence-electron chi connectivity index (χ3n) is 4.43. The summed E-state index contributed by atoms with van der Waals surface area (Å²) in [7, 11) is -3.65. The molecule has 0 saturated carbocycles. The maximum absolute atomic E-state index is 13.0. The summed E-state index contributed by atoms with van der Waals surface area (Å²) in [6.07, 6.45) is 0. The molecule has 0 atom stereocenters. The van der Waals surface area contributed by atoms with Crippen LogP contribution < -0.4 is 5.32 Å². The molecule has 148 valence electrons. The Kier molecular flexibility index (Phi) is 5.38. The van der Waals surface area contributed by atoms with Crippen molar-refractivity contribution in [2.24, 2.45) is 0 Å². The van der Waals surface area contributed by atoms with Crippen LogP contribution in [-0.2, 0) is 14.8 Å². The summed E-state index contributed by atoms with van der Waals surface area (Å²) in [4.78, 5) is 18.5. The summed E-state index contributed by atoms with van der Waals surface area (Å²) < 4.78 is 35.7. The lowest BCUT2D eigenvalue weighted by Crippen LogP contribution is -2.50. The summed E-state index contributed by atoms with van der Waals surface area (Å²) in [5, 5.41) is 5.23. The van der Waals surface area contributed by atoms with Gasteiger partial charge in [-0.15, -0.1) is 11.3 Å². The number of carbonyl (C=O) groups is 1. The number of anilines is 1. The number of aryl methyl sites for hydroxylation is 1. The number of rotatable bonds is 5. The molecule has 0 aliphatic carbocycles. The molecule has 2 aromatic heterocycles. The number of thiazole rings is 1. The molecule has 4 rings (SSSR count). The number of benzene rings is 1. The van der Waals surface area contributed by atoms with Crippen LogP contribution in [0.3, 0.4) is 0 Å². The van der Waals surface area contributed by atoms with Gasteiger partial charge in [0.25, 0.3) is 0 Å². The second-order valence-corrected chi connectivity index (χ2v) is 9.70. The number of aromatic nitrogens is 3. The fourth-order valence-electron chi connectivity index (χ4n) is 3.03. The number of hydrogen-bond donors (Lipinski definition) is 1. The second-order valence-electron chi connectivity index (χ2n) is 6.41. The van der Waals surface area contributed by atoms with Crippen molar-refractivity contribution in [3.63, 3.8) is 0 Å². The molecule has 0 spiro atoms. The molecule has 1 aliphatic heterocycles. The zero-order valence-corrected chi connectivity index (χ0v) is 17.5. The monoisotopic (exact) mass is 438 g/mol. The molecule has 1 saturated heterocycles. The van der Waals surface area contributed by atoms with E-state index in [1.54, 1.807) is 18.2 Å². The van der Waals surface area contributed by atoms with E-state index in [0.717, 1.165) is 17.4 Å². The normalized spacial score (nSPS) is 16.5. The first-order chi connectivity index (χ1) is 13.4. The van der Waals surface area contributed by atoms with E-state index in [-0.39, 0.29) is 17.3 Å². The number of amides is 1. The molecule has 1 N–H and O–H groups in total. The maximum atomic E-state index is 13.0. The van der Waals surface area contributed by atoms with E-state index in [2.05, 4.69) is 19.0 Å². The highest BCUT2D eigenvalue weighted by atomic mass is 32.2. The van der Waals surface area contributed by atoms with Gasteiger partial charge in [-0.05, 0) is 19.1 Å². The molecule has 12 heteroatoms. The van der Waals surface area contributed by atoms with Gasteiger partial charge >= 0.3 is 0 Å². The van der Waals surface area contributed by atoms with Crippen LogP contribution in [-0.4, -0.2) is 70.0 Å². The molecule has 1 fully saturated rings. The third-order valence-corrected chi connectivity index (χ3v) is 7.78. The van der Waals surface area contributed by atoms with Crippen molar-refractivity contribution in [1.29, 1.82) is 0 Å². The number of carbonyl (C=O) groups excluding carboxylic acids is 1. The van der Waals surface area contributed by atoms with Crippen LogP contribution in [0.4, 0.5) is 5.13 Å². The van der Waals surface area contributed by atoms with Crippen LogP contribution in [0.1, 0.15) is 5.69 Å². The minimum absolute atomic E-state index is 0.149. The molecule has 3 aromatic rings. The standard InChI is InChI=1S/C16H18N6O3S3/c1-11-10-26-16(17-11)18-14(23)9-21-5-7-22(8-6-21)28(24,25)13-4-2-3-12-15(13)20-27-19-12/h2-4,10H,5-9H2,1H3,(H,17,18,23). The highest BCUT2D eigenvalue weighted by molar-refractivity contribution is 7.89. The lowest BCUT2D eigenvalue weighted by molar-refractivity contribution is -0.117. The van der Waals surface area contributed by atoms with E-state index in [1.165, 1.54) is 15.6 Å². The molecule has 1 aromatic carbocycles. The number of sulfonamides is 1. The Morgan fingerprint density at radius 3 is 2.71 bits per heavy atom. The van der Waals surface area contributed by atoms with Gasteiger partial charge in [0, 0.05) is 31.6 Å². The summed E-state index contributed by atoms with van der Waals surface area (Å²) in [6.45, 7) is 3.68. The molecule has 1 aliphatic rings. The first kappa shape index (κ1) is 19.3. The van der Waals surface area contributed by atoms with Crippen LogP contribution in [0.25, 0.3) is 11.0 Å². The molecule has 0 radical (unpaired) electrons. The third kappa shape index (κ3) is 3.91. The Morgan fingerprint density at radius 2 is 2.00 bits per heavy atom. The molecule has 1 amide bonds. The van der Waals surface area contributed by atoms with Gasteiger partial charge in [-0.25, -0.2) is 13.4 Å². The van der Waals surface area contributed by atoms with Crippen molar-refractivity contribution < 1.29 is 13.2 Å². The van der Waals surface area contributed by atoms with Crippen LogP contribution in [0, 0.1) is 6.92 Å². The topological polar surface area (TPSA) is 108 Å². The fourth-order valence-corrected chi connectivity index (χ4v) is 5.91. The fraction of sp³-hybridized carbons (Fsp3) is 0.375. The average Bonchev–Trinajstić information content (AvgIpc) is 3.30. The van der Waals surface area contributed by atoms with E-state index in [1.807, 2.05) is 17.2 Å². The van der Waals surface area contributed by atoms with Gasteiger partial charge in [0.1, 0.15) is 15.9 Å². The molecule has 0 bridgehead atoms. The van der Waals surface area contributed by atoms with Gasteiger partial charge in [0.05, 0.1) is 24.0 Å². The number of nitrogens with zero attached hydrogens (tertiary/aromatic N) is 5. The minimum atomic E-state index is -3.65. The van der Waals surface area contributed by atoms with Crippen LogP contribution in [0.15, 0.2) is 28.5 Å². The number of nitrogens with one attached hydrogen (secondary N) is 1. The molecular formula is C16H18N6O3S3. The van der Waals surface area contributed by atoms with Gasteiger partial charge in [0.15, 0.2) is 5.13 Å². The van der Waals surface area contributed by atoms with Gasteiger partial charge in [0.2, 0.25) is 15.9 Å². The molecule has 0 unspecified atom stereocenters. The molecule has 28 heavy (non-hydrogen) atoms. The highest BCUT2D eigenvalue weighted by Crippen LogP contribution is 2.25. The first-order valence-corrected chi connectivity index (χ1v) is 11.6. The Morgan fingerprint density at radius 1 is 1.21 bits per heavy atom. The van der Waals surface area contributed by atoms with Crippen molar-refractivity contribution in [3.8, 4) is 0 Å². The Balaban J connectivity index is 1.38. The first-order valence-electron chi connectivity index (χ1n) is 8.59. The Labute approximate surface area is 170 Å². The summed E-state index contributed by atoms with van der Waals surface area (Å²) in [5.74, 6) is -0.149. The van der Waals surface area contributed by atoms with E-state index < -0.39 is 10.0 Å². The predicted octanol–water partition coefficient (Wildman–Crippen LogP) is 1.40. The lowest BCUT2D eigenvalue weighted by Gasteiger charge is -2.33. The maximum Gasteiger partial charge on any atom is 0.245 e. The van der Waals surface area contributed by atoms with E-state index in [0.29, 0.717) is 42.3 Å². The van der Waals surface area contributed by atoms with Crippen LogP contribution in [0.5, 0.6) is 0 Å². The van der Waals surface area contributed by atoms with Crippen molar-refractivity contribution in [3.05, 3.63) is 29.3 Å². The smallest absolute Gasteiger partial charge is 0.245 e. The second kappa shape index (κ2) is 7.79. The number of hydrogen-bond acceptors (Lipinski definition) is 9. The summed E-state index contributed by atoms with van der Waals surface area (Å²) >= 11 is 2.38. The Hall–Kier alpha value is -1.99. The zero-order chi connectivity index (χ0) is 19.7. The quantitative estimate of drug-likeness (QED) is 0.641. The number of piperazine rings is 1. The summed E-state index contributed by atoms with van der Waals surface area (Å²) in [5.41, 5.74) is 1.86. The molecular weight excluding hydrogens is 420 g/mol.